The molecular weight excluding hydrogens is 1380 g/mol. The van der Waals surface area contributed by atoms with Crippen molar-refractivity contribution in [2.75, 3.05) is 33.2 Å². The average Bonchev–Trinajstić information content (AvgIpc) is 0.829. The molecule has 0 saturated carbocycles. The number of fused-ring (bicyclic) bond motifs is 3. The predicted molar refractivity (Wildman–Crippen MR) is 320 cm³/mol. The number of hydrogen-bond donors (Lipinski definition) is 12. The van der Waals surface area contributed by atoms with Crippen LogP contribution in [0.15, 0.2) is 106 Å². The molecule has 6 heterocycles. The van der Waals surface area contributed by atoms with Gasteiger partial charge >= 0.3 is 34.1 Å². The van der Waals surface area contributed by atoms with Crippen LogP contribution in [0, 0.1) is 0 Å². The van der Waals surface area contributed by atoms with Gasteiger partial charge in [-0.05, 0) is 111 Å². The van der Waals surface area contributed by atoms with Crippen LogP contribution in [0.3, 0.4) is 0 Å². The maximum atomic E-state index is 12.2. The summed E-state index contributed by atoms with van der Waals surface area (Å²) in [6, 6.07) is 13.8. The third-order valence-corrected chi connectivity index (χ3v) is 13.0. The van der Waals surface area contributed by atoms with Gasteiger partial charge in [-0.2, -0.15) is 15.0 Å². The Hall–Kier alpha value is -12.6. The van der Waals surface area contributed by atoms with E-state index in [9.17, 15) is 88.2 Å². The molecule has 6 aromatic heterocycles. The van der Waals surface area contributed by atoms with E-state index in [1.54, 1.807) is 36.4 Å². The molecule has 0 aliphatic carbocycles. The van der Waals surface area contributed by atoms with Gasteiger partial charge in [-0.1, -0.05) is 0 Å². The molecule has 0 spiro atoms. The average molecular weight is 1430 g/mol. The molecule has 0 aliphatic rings. The van der Waals surface area contributed by atoms with Crippen LogP contribution in [0.2, 0.25) is 0 Å². The summed E-state index contributed by atoms with van der Waals surface area (Å²) in [6.07, 6.45) is 1.66. The van der Waals surface area contributed by atoms with Crippen LogP contribution in [0.25, 0.3) is 33.5 Å². The summed E-state index contributed by atoms with van der Waals surface area (Å²) < 4.78 is 0. The largest absolute Gasteiger partial charge is 3.00 e. The fourth-order valence-electron chi connectivity index (χ4n) is 8.22. The van der Waals surface area contributed by atoms with E-state index in [4.69, 9.17) is 17.2 Å². The molecule has 9 rings (SSSR count). The Labute approximate surface area is 568 Å². The van der Waals surface area contributed by atoms with Crippen molar-refractivity contribution in [3.63, 3.8) is 0 Å². The van der Waals surface area contributed by atoms with Crippen molar-refractivity contribution in [1.29, 1.82) is 0 Å². The van der Waals surface area contributed by atoms with Crippen LogP contribution in [0.5, 0.6) is 0 Å². The van der Waals surface area contributed by atoms with Gasteiger partial charge in [-0.25, -0.2) is 29.9 Å². The van der Waals surface area contributed by atoms with Gasteiger partial charge in [-0.3, -0.25) is 43.7 Å². The summed E-state index contributed by atoms with van der Waals surface area (Å²) in [4.78, 5) is 181. The fraction of sp³-hybridized carbons (Fsp3) is 0.211. The molecule has 39 nitrogen and oxygen atoms in total. The van der Waals surface area contributed by atoms with Crippen molar-refractivity contribution in [3.05, 3.63) is 156 Å². The first kappa shape index (κ1) is 76.1. The van der Waals surface area contributed by atoms with Crippen LogP contribution in [-0.4, -0.2) is 131 Å². The van der Waals surface area contributed by atoms with Crippen LogP contribution in [0.4, 0.5) is 34.9 Å². The maximum absolute atomic E-state index is 12.2. The number of aromatic nitrogens is 12. The summed E-state index contributed by atoms with van der Waals surface area (Å²) in [5.41, 5.74) is 19.1. The summed E-state index contributed by atoms with van der Waals surface area (Å²) in [6.45, 7) is 0.650. The molecule has 3 atom stereocenters. The number of nitrogens with two attached hydrogens (primary N) is 3. The first-order chi connectivity index (χ1) is 45.7. The van der Waals surface area contributed by atoms with E-state index in [0.717, 1.165) is 0 Å². The number of carboxylic acids is 6. The number of H-pyrrole nitrogens is 3. The zero-order chi connectivity index (χ0) is 69.8. The SMILES string of the molecule is Nc1nc2ncc(CNc3ccc(C(=O)NC(CCC(=O)[O-])C(=O)[O-])cc3)nc2c(=O)[nH]1.Nc1nc2ncc(CNc3ccc(C(=O)NC(CCC(=O)[O-])C(=O)[O-])cc3)nc2c(=O)[nH]1.Nc1nc2ncc(CNc3ccc(C(=O)NC(CCC(=O)[O-])C(=O)[O-])cc3)nc2c(=O)[nH]1.[Fe+3].[Fe+3]. The third kappa shape index (κ3) is 22.6. The Morgan fingerprint density at radius 1 is 0.378 bits per heavy atom. The molecule has 15 N–H and O–H groups in total. The molecule has 98 heavy (non-hydrogen) atoms. The fourth-order valence-corrected chi connectivity index (χ4v) is 8.22. The second-order valence-electron chi connectivity index (χ2n) is 20.0. The molecule has 0 saturated heterocycles. The Bertz CT molecular complexity index is 4150. The van der Waals surface area contributed by atoms with Gasteiger partial charge in [0, 0.05) is 51.7 Å². The van der Waals surface area contributed by atoms with E-state index in [0.29, 0.717) is 34.1 Å². The smallest absolute Gasteiger partial charge is 0.550 e. The molecule has 9 aromatic rings. The molecule has 2 radical (unpaired) electrons. The quantitative estimate of drug-likeness (QED) is 0.0213. The van der Waals surface area contributed by atoms with Crippen molar-refractivity contribution in [1.82, 2.24) is 75.8 Å². The van der Waals surface area contributed by atoms with Gasteiger partial charge in [0.25, 0.3) is 34.4 Å². The number of rotatable bonds is 27. The van der Waals surface area contributed by atoms with Gasteiger partial charge in [-0.15, -0.1) is 0 Å². The number of carbonyl (C=O) groups excluding carboxylic acids is 9. The zero-order valence-corrected chi connectivity index (χ0v) is 52.3. The van der Waals surface area contributed by atoms with E-state index in [2.05, 4.69) is 91.7 Å². The zero-order valence-electron chi connectivity index (χ0n) is 50.1. The Kier molecular flexibility index (Phi) is 27.6. The number of nitrogens with zero attached hydrogens (tertiary/aromatic N) is 9. The van der Waals surface area contributed by atoms with Crippen LogP contribution in [-0.2, 0) is 82.5 Å². The number of aliphatic carboxylic acids is 6. The van der Waals surface area contributed by atoms with Crippen molar-refractivity contribution >= 4 is 122 Å². The Balaban J connectivity index is 0.000000263. The number of amides is 3. The number of aromatic amines is 3. The number of hydrogen-bond acceptors (Lipinski definition) is 33. The predicted octanol–water partition coefficient (Wildman–Crippen LogP) is -8.15. The number of benzene rings is 3. The third-order valence-electron chi connectivity index (χ3n) is 13.0. The normalized spacial score (nSPS) is 11.4. The number of nitrogen functional groups attached to an aromatic ring is 3. The minimum atomic E-state index is -1.59. The van der Waals surface area contributed by atoms with Gasteiger partial charge in [0.15, 0.2) is 33.5 Å². The standard InChI is InChI=1S/3C19H19N7O6.2Fe/c3*20-19-25-15-14(17(30)26-19)23-11(8-22-15)7-21-10-3-1-9(2-4-10)16(29)24-12(18(31)32)5-6-13(27)28;;/h3*1-4,8,12,21H,5-7H2,(H,24,29)(H,27,28)(H,31,32)(H3,20,22,25,26,30);;/q;;;2*+3/p-6. The van der Waals surface area contributed by atoms with Crippen LogP contribution in [0.1, 0.15) is 86.7 Å². The number of carbonyl (C=O) groups is 9. The maximum Gasteiger partial charge on any atom is 3.00 e. The molecule has 3 amide bonds. The van der Waals surface area contributed by atoms with Gasteiger partial charge in [0.1, 0.15) is 0 Å². The first-order valence-corrected chi connectivity index (χ1v) is 27.9. The summed E-state index contributed by atoms with van der Waals surface area (Å²) in [5, 5.41) is 80.5. The van der Waals surface area contributed by atoms with E-state index in [-0.39, 0.29) is 141 Å². The van der Waals surface area contributed by atoms with Gasteiger partial charge in [0.2, 0.25) is 17.8 Å². The first-order valence-electron chi connectivity index (χ1n) is 27.9. The Morgan fingerprint density at radius 2 is 0.612 bits per heavy atom. The van der Waals surface area contributed by atoms with E-state index in [1.807, 2.05) is 0 Å². The van der Waals surface area contributed by atoms with Crippen molar-refractivity contribution in [2.45, 2.75) is 76.3 Å². The van der Waals surface area contributed by atoms with Gasteiger partial charge in [0.05, 0.1) is 91.3 Å². The molecular formula is C57H51Fe2N21O18. The molecule has 3 unspecified atom stereocenters. The van der Waals surface area contributed by atoms with E-state index < -0.39 is 108 Å². The second-order valence-corrected chi connectivity index (χ2v) is 20.0. The molecule has 0 fully saturated rings. The summed E-state index contributed by atoms with van der Waals surface area (Å²) in [5.74, 6) is -11.3. The second kappa shape index (κ2) is 35.6. The van der Waals surface area contributed by atoms with Crippen molar-refractivity contribution in [3.8, 4) is 0 Å². The number of anilines is 6. The Morgan fingerprint density at radius 3 is 0.827 bits per heavy atom. The molecule has 41 heteroatoms. The molecule has 3 aromatic carbocycles. The topological polar surface area (TPSA) is 657 Å². The van der Waals surface area contributed by atoms with Crippen molar-refractivity contribution < 1.29 is 108 Å². The minimum absolute atomic E-state index is 0. The van der Waals surface area contributed by atoms with Crippen LogP contribution < -0.4 is 96.4 Å². The summed E-state index contributed by atoms with van der Waals surface area (Å²) in [7, 11) is 0. The van der Waals surface area contributed by atoms with Crippen LogP contribution >= 0.6 is 0 Å². The monoisotopic (exact) mass is 1430 g/mol. The summed E-state index contributed by atoms with van der Waals surface area (Å²) >= 11 is 0. The molecule has 0 bridgehead atoms. The minimum Gasteiger partial charge on any atom is -0.550 e. The molecule has 0 aliphatic heterocycles. The number of carboxylic acid groups (broad SMARTS) is 6. The van der Waals surface area contributed by atoms with Gasteiger partial charge < -0.3 is 109 Å². The molecule has 508 valence electrons. The van der Waals surface area contributed by atoms with E-state index in [1.165, 1.54) is 55.0 Å². The number of nitrogens with one attached hydrogen (secondary N) is 9. The van der Waals surface area contributed by atoms with Crippen molar-refractivity contribution in [2.24, 2.45) is 0 Å². The van der Waals surface area contributed by atoms with E-state index >= 15 is 0 Å².